The van der Waals surface area contributed by atoms with E-state index in [1.165, 1.54) is 5.56 Å². The summed E-state index contributed by atoms with van der Waals surface area (Å²) in [5.74, 6) is 3.09. The van der Waals surface area contributed by atoms with Crippen molar-refractivity contribution < 1.29 is 9.26 Å². The summed E-state index contributed by atoms with van der Waals surface area (Å²) in [4.78, 5) is 4.44. The lowest BCUT2D eigenvalue weighted by Gasteiger charge is -2.18. The van der Waals surface area contributed by atoms with Crippen LogP contribution in [0.3, 0.4) is 0 Å². The van der Waals surface area contributed by atoms with Gasteiger partial charge in [0.2, 0.25) is 5.82 Å². The Hall–Kier alpha value is -1.37. The first-order valence-electron chi connectivity index (χ1n) is 6.69. The number of nitrogens with two attached hydrogens (primary N) is 1. The maximum absolute atomic E-state index is 5.64. The Morgan fingerprint density at radius 2 is 2.15 bits per heavy atom. The maximum atomic E-state index is 5.64. The van der Waals surface area contributed by atoms with Crippen LogP contribution < -0.4 is 5.73 Å². The van der Waals surface area contributed by atoms with Crippen molar-refractivity contribution in [2.75, 3.05) is 24.7 Å². The summed E-state index contributed by atoms with van der Waals surface area (Å²) in [6.07, 6.45) is 0.824. The SMILES string of the molecule is NCCc1ccc(-c2nc(C3CSCCO3)no2)cc1. The van der Waals surface area contributed by atoms with Gasteiger partial charge in [-0.3, -0.25) is 0 Å². The minimum atomic E-state index is -0.0530. The van der Waals surface area contributed by atoms with E-state index in [4.69, 9.17) is 15.0 Å². The molecule has 20 heavy (non-hydrogen) atoms. The molecule has 2 N–H and O–H groups in total. The Morgan fingerprint density at radius 3 is 2.85 bits per heavy atom. The predicted octanol–water partition coefficient (Wildman–Crippen LogP) is 2.04. The average Bonchev–Trinajstić information content (AvgIpc) is 2.99. The molecule has 0 spiro atoms. The normalized spacial score (nSPS) is 19.1. The number of thioether (sulfide) groups is 1. The molecule has 0 aliphatic carbocycles. The molecule has 1 unspecified atom stereocenters. The van der Waals surface area contributed by atoms with Crippen LogP contribution in [0.5, 0.6) is 0 Å². The molecular formula is C14H17N3O2S. The summed E-state index contributed by atoms with van der Waals surface area (Å²) in [6.45, 7) is 1.40. The number of ether oxygens (including phenoxy) is 1. The monoisotopic (exact) mass is 291 g/mol. The van der Waals surface area contributed by atoms with Gasteiger partial charge in [0.15, 0.2) is 0 Å². The minimum absolute atomic E-state index is 0.0530. The fourth-order valence-corrected chi connectivity index (χ4v) is 2.94. The van der Waals surface area contributed by atoms with Crippen LogP contribution in [0.4, 0.5) is 0 Å². The second-order valence-electron chi connectivity index (χ2n) is 4.63. The summed E-state index contributed by atoms with van der Waals surface area (Å²) in [7, 11) is 0. The smallest absolute Gasteiger partial charge is 0.258 e. The van der Waals surface area contributed by atoms with E-state index in [-0.39, 0.29) is 6.10 Å². The number of benzene rings is 1. The zero-order valence-corrected chi connectivity index (χ0v) is 11.9. The van der Waals surface area contributed by atoms with Crippen LogP contribution in [0.1, 0.15) is 17.5 Å². The molecule has 0 saturated carbocycles. The Labute approximate surface area is 121 Å². The Kier molecular flexibility index (Phi) is 4.34. The average molecular weight is 291 g/mol. The number of rotatable bonds is 4. The van der Waals surface area contributed by atoms with Gasteiger partial charge in [0.05, 0.1) is 6.61 Å². The highest BCUT2D eigenvalue weighted by Gasteiger charge is 2.22. The molecular weight excluding hydrogens is 274 g/mol. The standard InChI is InChI=1S/C14H17N3O2S/c15-6-5-10-1-3-11(4-2-10)14-16-13(17-19-14)12-9-20-8-7-18-12/h1-4,12H,5-9,15H2. The molecule has 1 aliphatic heterocycles. The zero-order chi connectivity index (χ0) is 13.8. The minimum Gasteiger partial charge on any atom is -0.368 e. The van der Waals surface area contributed by atoms with E-state index in [0.717, 1.165) is 30.1 Å². The number of hydrogen-bond acceptors (Lipinski definition) is 6. The van der Waals surface area contributed by atoms with Crippen LogP contribution >= 0.6 is 11.8 Å². The van der Waals surface area contributed by atoms with Crippen molar-refractivity contribution in [3.8, 4) is 11.5 Å². The van der Waals surface area contributed by atoms with Crippen molar-refractivity contribution in [3.05, 3.63) is 35.7 Å². The van der Waals surface area contributed by atoms with Gasteiger partial charge < -0.3 is 15.0 Å². The van der Waals surface area contributed by atoms with Crippen LogP contribution in [-0.2, 0) is 11.2 Å². The third kappa shape index (κ3) is 3.03. The van der Waals surface area contributed by atoms with Crippen molar-refractivity contribution in [1.29, 1.82) is 0 Å². The molecule has 1 fully saturated rings. The number of aromatic nitrogens is 2. The molecule has 0 bridgehead atoms. The number of hydrogen-bond donors (Lipinski definition) is 1. The van der Waals surface area contributed by atoms with Crippen LogP contribution in [0, 0.1) is 0 Å². The van der Waals surface area contributed by atoms with Gasteiger partial charge in [0.1, 0.15) is 6.10 Å². The Morgan fingerprint density at radius 1 is 1.30 bits per heavy atom. The third-order valence-corrected chi connectivity index (χ3v) is 4.17. The molecule has 1 saturated heterocycles. The highest BCUT2D eigenvalue weighted by molar-refractivity contribution is 7.99. The van der Waals surface area contributed by atoms with E-state index in [1.54, 1.807) is 0 Å². The maximum Gasteiger partial charge on any atom is 0.258 e. The Balaban J connectivity index is 1.75. The highest BCUT2D eigenvalue weighted by Crippen LogP contribution is 2.26. The lowest BCUT2D eigenvalue weighted by Crippen LogP contribution is -2.16. The predicted molar refractivity (Wildman–Crippen MR) is 78.5 cm³/mol. The first-order chi connectivity index (χ1) is 9.86. The van der Waals surface area contributed by atoms with E-state index in [9.17, 15) is 0 Å². The van der Waals surface area contributed by atoms with E-state index in [0.29, 0.717) is 18.3 Å². The van der Waals surface area contributed by atoms with Gasteiger partial charge in [0.25, 0.3) is 5.89 Å². The van der Waals surface area contributed by atoms with E-state index >= 15 is 0 Å². The molecule has 0 amide bonds. The van der Waals surface area contributed by atoms with Gasteiger partial charge >= 0.3 is 0 Å². The summed E-state index contributed by atoms with van der Waals surface area (Å²) in [5.41, 5.74) is 7.67. The first kappa shape index (κ1) is 13.6. The van der Waals surface area contributed by atoms with Crippen molar-refractivity contribution >= 4 is 11.8 Å². The van der Waals surface area contributed by atoms with Crippen LogP contribution in [0.15, 0.2) is 28.8 Å². The molecule has 3 rings (SSSR count). The van der Waals surface area contributed by atoms with Crippen LogP contribution in [0.25, 0.3) is 11.5 Å². The molecule has 106 valence electrons. The van der Waals surface area contributed by atoms with Crippen molar-refractivity contribution in [2.24, 2.45) is 5.73 Å². The third-order valence-electron chi connectivity index (χ3n) is 3.18. The molecule has 1 aromatic carbocycles. The molecule has 6 heteroatoms. The largest absolute Gasteiger partial charge is 0.368 e. The second kappa shape index (κ2) is 6.39. The van der Waals surface area contributed by atoms with Crippen LogP contribution in [-0.4, -0.2) is 34.8 Å². The highest BCUT2D eigenvalue weighted by atomic mass is 32.2. The van der Waals surface area contributed by atoms with Crippen molar-refractivity contribution in [3.63, 3.8) is 0 Å². The lowest BCUT2D eigenvalue weighted by atomic mass is 10.1. The Bertz CT molecular complexity index is 550. The summed E-state index contributed by atoms with van der Waals surface area (Å²) in [5, 5.41) is 4.03. The molecule has 1 aromatic heterocycles. The first-order valence-corrected chi connectivity index (χ1v) is 7.84. The molecule has 1 atom stereocenters. The van der Waals surface area contributed by atoms with E-state index < -0.39 is 0 Å². The van der Waals surface area contributed by atoms with Gasteiger partial charge in [-0.1, -0.05) is 17.3 Å². The molecule has 0 radical (unpaired) electrons. The van der Waals surface area contributed by atoms with Gasteiger partial charge in [-0.15, -0.1) is 0 Å². The van der Waals surface area contributed by atoms with Gasteiger partial charge in [-0.05, 0) is 30.7 Å². The van der Waals surface area contributed by atoms with Gasteiger partial charge in [-0.25, -0.2) is 0 Å². The number of nitrogens with zero attached hydrogens (tertiary/aromatic N) is 2. The van der Waals surface area contributed by atoms with E-state index in [1.807, 2.05) is 36.0 Å². The fourth-order valence-electron chi connectivity index (χ4n) is 2.10. The van der Waals surface area contributed by atoms with E-state index in [2.05, 4.69) is 10.1 Å². The molecule has 2 aromatic rings. The quantitative estimate of drug-likeness (QED) is 0.929. The summed E-state index contributed by atoms with van der Waals surface area (Å²) in [6, 6.07) is 8.05. The van der Waals surface area contributed by atoms with Crippen molar-refractivity contribution in [2.45, 2.75) is 12.5 Å². The summed E-state index contributed by atoms with van der Waals surface area (Å²) >= 11 is 1.85. The van der Waals surface area contributed by atoms with Crippen molar-refractivity contribution in [1.82, 2.24) is 10.1 Å². The van der Waals surface area contributed by atoms with Crippen LogP contribution in [0.2, 0.25) is 0 Å². The van der Waals surface area contributed by atoms with Gasteiger partial charge in [-0.2, -0.15) is 16.7 Å². The lowest BCUT2D eigenvalue weighted by molar-refractivity contribution is 0.0677. The summed E-state index contributed by atoms with van der Waals surface area (Å²) < 4.78 is 11.0. The fraction of sp³-hybridized carbons (Fsp3) is 0.429. The molecule has 5 nitrogen and oxygen atoms in total. The zero-order valence-electron chi connectivity index (χ0n) is 11.1. The molecule has 1 aliphatic rings. The topological polar surface area (TPSA) is 74.2 Å². The second-order valence-corrected chi connectivity index (χ2v) is 5.78. The molecule has 2 heterocycles. The van der Waals surface area contributed by atoms with Gasteiger partial charge in [0, 0.05) is 17.1 Å².